The molecular formula is C24H22N4O3S2. The van der Waals surface area contributed by atoms with Crippen molar-refractivity contribution in [2.75, 3.05) is 18.8 Å². The predicted molar refractivity (Wildman–Crippen MR) is 131 cm³/mol. The number of nitrogens with zero attached hydrogens (tertiary/aromatic N) is 3. The van der Waals surface area contributed by atoms with E-state index in [1.165, 1.54) is 11.3 Å². The Bertz CT molecular complexity index is 1350. The van der Waals surface area contributed by atoms with Crippen molar-refractivity contribution in [3.8, 4) is 11.3 Å². The number of oxazole rings is 1. The standard InChI is InChI=1S/C24H22N4O3S2/c1-14-5-3-6-16(11-14)21-20(27-15(2)31-21)24(30)28-9-10-32-19(28)12-25-23(29)17-7-4-8-18-22(17)33-13-26-18/h3-8,11,13,19H,9-10,12H2,1-2H3,(H,25,29). The number of aromatic nitrogens is 2. The Morgan fingerprint density at radius 2 is 2.06 bits per heavy atom. The van der Waals surface area contributed by atoms with Gasteiger partial charge in [0.2, 0.25) is 0 Å². The SMILES string of the molecule is Cc1cccc(-c2oc(C)nc2C(=O)N2CCSC2CNC(=O)c2cccc3ncsc23)c1. The number of rotatable bonds is 5. The van der Waals surface area contributed by atoms with Crippen LogP contribution in [0, 0.1) is 13.8 Å². The van der Waals surface area contributed by atoms with Crippen molar-refractivity contribution in [3.63, 3.8) is 0 Å². The Hall–Kier alpha value is -3.17. The van der Waals surface area contributed by atoms with Gasteiger partial charge in [-0.15, -0.1) is 23.1 Å². The molecule has 1 aliphatic heterocycles. The van der Waals surface area contributed by atoms with Crippen LogP contribution in [-0.4, -0.2) is 50.9 Å². The maximum atomic E-state index is 13.5. The minimum absolute atomic E-state index is 0.164. The van der Waals surface area contributed by atoms with Gasteiger partial charge in [0.15, 0.2) is 17.3 Å². The van der Waals surface area contributed by atoms with Crippen LogP contribution in [0.5, 0.6) is 0 Å². The molecule has 1 saturated heterocycles. The zero-order valence-electron chi connectivity index (χ0n) is 18.2. The molecule has 0 bridgehead atoms. The fourth-order valence-electron chi connectivity index (χ4n) is 3.95. The average molecular weight is 479 g/mol. The minimum Gasteiger partial charge on any atom is -0.440 e. The van der Waals surface area contributed by atoms with Crippen LogP contribution in [0.1, 0.15) is 32.3 Å². The molecule has 0 aliphatic carbocycles. The first-order valence-electron chi connectivity index (χ1n) is 10.6. The Balaban J connectivity index is 1.34. The zero-order chi connectivity index (χ0) is 22.9. The highest BCUT2D eigenvalue weighted by atomic mass is 32.2. The first-order valence-corrected chi connectivity index (χ1v) is 12.5. The van der Waals surface area contributed by atoms with Gasteiger partial charge < -0.3 is 14.6 Å². The number of nitrogens with one attached hydrogen (secondary N) is 1. The summed E-state index contributed by atoms with van der Waals surface area (Å²) in [6.45, 7) is 4.68. The molecule has 7 nitrogen and oxygen atoms in total. The maximum absolute atomic E-state index is 13.5. The Kier molecular flexibility index (Phi) is 5.90. The van der Waals surface area contributed by atoms with Gasteiger partial charge in [0, 0.05) is 31.3 Å². The molecule has 2 aromatic heterocycles. The number of fused-ring (bicyclic) bond motifs is 1. The second-order valence-corrected chi connectivity index (χ2v) is 9.96. The van der Waals surface area contributed by atoms with E-state index in [1.54, 1.807) is 35.2 Å². The van der Waals surface area contributed by atoms with E-state index in [4.69, 9.17) is 4.42 Å². The Morgan fingerprint density at radius 1 is 1.21 bits per heavy atom. The first kappa shape index (κ1) is 21.7. The quantitative estimate of drug-likeness (QED) is 0.454. The summed E-state index contributed by atoms with van der Waals surface area (Å²) in [5.41, 5.74) is 5.36. The van der Waals surface area contributed by atoms with Crippen molar-refractivity contribution in [2.45, 2.75) is 19.2 Å². The van der Waals surface area contributed by atoms with Crippen molar-refractivity contribution in [2.24, 2.45) is 0 Å². The van der Waals surface area contributed by atoms with Crippen molar-refractivity contribution >= 4 is 45.1 Å². The molecule has 9 heteroatoms. The highest BCUT2D eigenvalue weighted by Gasteiger charge is 2.34. The molecule has 0 saturated carbocycles. The van der Waals surface area contributed by atoms with Crippen LogP contribution in [0.15, 0.2) is 52.4 Å². The van der Waals surface area contributed by atoms with Gasteiger partial charge in [-0.25, -0.2) is 9.97 Å². The molecule has 33 heavy (non-hydrogen) atoms. The van der Waals surface area contributed by atoms with E-state index in [1.807, 2.05) is 43.3 Å². The zero-order valence-corrected chi connectivity index (χ0v) is 19.8. The number of thiazole rings is 1. The summed E-state index contributed by atoms with van der Waals surface area (Å²) < 4.78 is 6.68. The molecule has 1 fully saturated rings. The molecule has 1 aliphatic rings. The van der Waals surface area contributed by atoms with Crippen molar-refractivity contribution < 1.29 is 14.0 Å². The van der Waals surface area contributed by atoms with Crippen LogP contribution in [0.2, 0.25) is 0 Å². The van der Waals surface area contributed by atoms with Gasteiger partial charge in [0.1, 0.15) is 0 Å². The number of hydrogen-bond acceptors (Lipinski definition) is 7. The van der Waals surface area contributed by atoms with E-state index in [0.29, 0.717) is 36.0 Å². The molecule has 0 radical (unpaired) electrons. The van der Waals surface area contributed by atoms with Crippen LogP contribution < -0.4 is 5.32 Å². The van der Waals surface area contributed by atoms with Gasteiger partial charge in [0.05, 0.1) is 26.7 Å². The lowest BCUT2D eigenvalue weighted by atomic mass is 10.1. The number of amides is 2. The molecule has 5 rings (SSSR count). The predicted octanol–water partition coefficient (Wildman–Crippen LogP) is 4.51. The second-order valence-electron chi connectivity index (χ2n) is 7.82. The number of benzene rings is 2. The van der Waals surface area contributed by atoms with Crippen LogP contribution in [-0.2, 0) is 0 Å². The molecule has 1 N–H and O–H groups in total. The average Bonchev–Trinajstić information content (AvgIpc) is 3.55. The highest BCUT2D eigenvalue weighted by Crippen LogP contribution is 2.31. The van der Waals surface area contributed by atoms with Crippen molar-refractivity contribution in [1.29, 1.82) is 0 Å². The molecule has 4 aromatic rings. The van der Waals surface area contributed by atoms with Gasteiger partial charge in [-0.05, 0) is 25.1 Å². The van der Waals surface area contributed by atoms with E-state index in [-0.39, 0.29) is 17.2 Å². The van der Waals surface area contributed by atoms with E-state index < -0.39 is 0 Å². The molecule has 0 spiro atoms. The summed E-state index contributed by atoms with van der Waals surface area (Å²) >= 11 is 3.09. The largest absolute Gasteiger partial charge is 0.440 e. The molecular weight excluding hydrogens is 456 g/mol. The summed E-state index contributed by atoms with van der Waals surface area (Å²) in [6, 6.07) is 13.3. The van der Waals surface area contributed by atoms with Crippen molar-refractivity contribution in [1.82, 2.24) is 20.2 Å². The van der Waals surface area contributed by atoms with E-state index in [2.05, 4.69) is 15.3 Å². The molecule has 168 valence electrons. The molecule has 2 aromatic carbocycles. The number of aryl methyl sites for hydroxylation is 2. The number of carbonyl (C=O) groups is 2. The lowest BCUT2D eigenvalue weighted by Crippen LogP contribution is -2.42. The van der Waals surface area contributed by atoms with E-state index in [9.17, 15) is 9.59 Å². The highest BCUT2D eigenvalue weighted by molar-refractivity contribution is 8.00. The first-order chi connectivity index (χ1) is 16.0. The van der Waals surface area contributed by atoms with E-state index >= 15 is 0 Å². The maximum Gasteiger partial charge on any atom is 0.277 e. The third kappa shape index (κ3) is 4.26. The minimum atomic E-state index is -0.183. The van der Waals surface area contributed by atoms with Crippen molar-refractivity contribution in [3.05, 3.63) is 70.7 Å². The monoisotopic (exact) mass is 478 g/mol. The third-order valence-electron chi connectivity index (χ3n) is 5.51. The summed E-state index contributed by atoms with van der Waals surface area (Å²) in [5, 5.41) is 2.82. The Labute approximate surface area is 199 Å². The summed E-state index contributed by atoms with van der Waals surface area (Å²) in [6.07, 6.45) is 0. The van der Waals surface area contributed by atoms with Gasteiger partial charge in [-0.3, -0.25) is 9.59 Å². The fraction of sp³-hybridized carbons (Fsp3) is 0.250. The summed E-state index contributed by atoms with van der Waals surface area (Å²) in [4.78, 5) is 36.8. The molecule has 3 heterocycles. The van der Waals surface area contributed by atoms with Crippen LogP contribution in [0.25, 0.3) is 21.5 Å². The van der Waals surface area contributed by atoms with Gasteiger partial charge in [0.25, 0.3) is 11.8 Å². The Morgan fingerprint density at radius 3 is 2.91 bits per heavy atom. The second kappa shape index (κ2) is 8.99. The van der Waals surface area contributed by atoms with E-state index in [0.717, 1.165) is 27.1 Å². The lowest BCUT2D eigenvalue weighted by molar-refractivity contribution is 0.0746. The smallest absolute Gasteiger partial charge is 0.277 e. The lowest BCUT2D eigenvalue weighted by Gasteiger charge is -2.23. The van der Waals surface area contributed by atoms with Gasteiger partial charge >= 0.3 is 0 Å². The normalized spacial score (nSPS) is 15.8. The molecule has 1 unspecified atom stereocenters. The third-order valence-corrected chi connectivity index (χ3v) is 7.61. The van der Waals surface area contributed by atoms with Crippen LogP contribution in [0.4, 0.5) is 0 Å². The number of carbonyl (C=O) groups excluding carboxylic acids is 2. The number of hydrogen-bond donors (Lipinski definition) is 1. The van der Waals surface area contributed by atoms with Crippen LogP contribution >= 0.6 is 23.1 Å². The van der Waals surface area contributed by atoms with Crippen LogP contribution in [0.3, 0.4) is 0 Å². The molecule has 2 amide bonds. The summed E-state index contributed by atoms with van der Waals surface area (Å²) in [5.74, 6) is 1.38. The number of thioether (sulfide) groups is 1. The van der Waals surface area contributed by atoms with Gasteiger partial charge in [-0.1, -0.05) is 29.8 Å². The molecule has 1 atom stereocenters. The fourth-order valence-corrected chi connectivity index (χ4v) is 5.91. The topological polar surface area (TPSA) is 88.3 Å². The summed E-state index contributed by atoms with van der Waals surface area (Å²) in [7, 11) is 0. The van der Waals surface area contributed by atoms with Gasteiger partial charge in [-0.2, -0.15) is 0 Å².